The fourth-order valence-corrected chi connectivity index (χ4v) is 3.25. The normalized spacial score (nSPS) is 14.5. The number of benzene rings is 2. The molecule has 1 fully saturated rings. The molecule has 0 bridgehead atoms. The van der Waals surface area contributed by atoms with Gasteiger partial charge < -0.3 is 15.5 Å². The van der Waals surface area contributed by atoms with Gasteiger partial charge in [0.15, 0.2) is 0 Å². The van der Waals surface area contributed by atoms with E-state index in [1.165, 1.54) is 5.56 Å². The molecule has 1 aliphatic heterocycles. The number of hydrogen-bond acceptors (Lipinski definition) is 3. The molecule has 3 rings (SSSR count). The van der Waals surface area contributed by atoms with Gasteiger partial charge >= 0.3 is 0 Å². The molecule has 140 valence electrons. The molecule has 5 heteroatoms. The van der Waals surface area contributed by atoms with Gasteiger partial charge in [-0.25, -0.2) is 0 Å². The van der Waals surface area contributed by atoms with E-state index >= 15 is 0 Å². The Morgan fingerprint density at radius 1 is 1.00 bits per heavy atom. The van der Waals surface area contributed by atoms with Gasteiger partial charge in [0.25, 0.3) is 5.91 Å². The minimum atomic E-state index is 0. The van der Waals surface area contributed by atoms with Crippen LogP contribution in [0.2, 0.25) is 0 Å². The minimum absolute atomic E-state index is 0. The molecule has 2 N–H and O–H groups in total. The number of nitrogens with zero attached hydrogens (tertiary/aromatic N) is 1. The zero-order chi connectivity index (χ0) is 17.3. The summed E-state index contributed by atoms with van der Waals surface area (Å²) in [5.74, 6) is 0.0341. The van der Waals surface area contributed by atoms with Crippen LogP contribution in [-0.4, -0.2) is 50.1 Å². The van der Waals surface area contributed by atoms with Gasteiger partial charge in [-0.05, 0) is 36.6 Å². The Hall–Kier alpha value is -1.88. The van der Waals surface area contributed by atoms with Crippen molar-refractivity contribution >= 4 is 18.3 Å². The first-order valence-corrected chi connectivity index (χ1v) is 9.16. The van der Waals surface area contributed by atoms with Gasteiger partial charge in [-0.3, -0.25) is 4.79 Å². The molecule has 1 heterocycles. The fourth-order valence-electron chi connectivity index (χ4n) is 3.25. The summed E-state index contributed by atoms with van der Waals surface area (Å²) < 4.78 is 0. The predicted octanol–water partition coefficient (Wildman–Crippen LogP) is 2.72. The van der Waals surface area contributed by atoms with E-state index in [4.69, 9.17) is 0 Å². The van der Waals surface area contributed by atoms with Gasteiger partial charge in [-0.15, -0.1) is 12.4 Å². The predicted molar refractivity (Wildman–Crippen MR) is 109 cm³/mol. The van der Waals surface area contributed by atoms with Crippen LogP contribution >= 0.6 is 12.4 Å². The van der Waals surface area contributed by atoms with E-state index in [1.54, 1.807) is 0 Å². The van der Waals surface area contributed by atoms with Gasteiger partial charge in [0.2, 0.25) is 0 Å². The summed E-state index contributed by atoms with van der Waals surface area (Å²) in [6.07, 6.45) is 1.78. The second-order valence-electron chi connectivity index (χ2n) is 6.52. The first-order chi connectivity index (χ1) is 12.3. The second kappa shape index (κ2) is 11.0. The van der Waals surface area contributed by atoms with E-state index in [-0.39, 0.29) is 18.3 Å². The van der Waals surface area contributed by atoms with Crippen LogP contribution in [0.3, 0.4) is 0 Å². The number of nitrogens with one attached hydrogen (secondary N) is 2. The summed E-state index contributed by atoms with van der Waals surface area (Å²) in [5, 5.41) is 6.44. The largest absolute Gasteiger partial charge is 0.352 e. The van der Waals surface area contributed by atoms with Crippen LogP contribution in [0.5, 0.6) is 0 Å². The van der Waals surface area contributed by atoms with Crippen LogP contribution in [0.1, 0.15) is 27.9 Å². The van der Waals surface area contributed by atoms with E-state index < -0.39 is 0 Å². The molecular weight excluding hydrogens is 346 g/mol. The molecule has 1 amide bonds. The van der Waals surface area contributed by atoms with Gasteiger partial charge in [0, 0.05) is 38.3 Å². The number of hydrogen-bond donors (Lipinski definition) is 2. The summed E-state index contributed by atoms with van der Waals surface area (Å²) in [5.41, 5.74) is 3.09. The Morgan fingerprint density at radius 2 is 1.69 bits per heavy atom. The van der Waals surface area contributed by atoms with Gasteiger partial charge in [0.05, 0.1) is 0 Å². The van der Waals surface area contributed by atoms with E-state index in [2.05, 4.69) is 27.7 Å². The molecule has 0 radical (unpaired) electrons. The maximum atomic E-state index is 12.6. The van der Waals surface area contributed by atoms with Crippen molar-refractivity contribution in [2.75, 3.05) is 39.3 Å². The number of amides is 1. The Bertz CT molecular complexity index is 672. The van der Waals surface area contributed by atoms with Gasteiger partial charge in [-0.1, -0.05) is 48.5 Å². The summed E-state index contributed by atoms with van der Waals surface area (Å²) in [4.78, 5) is 15.0. The number of piperazine rings is 1. The monoisotopic (exact) mass is 373 g/mol. The van der Waals surface area contributed by atoms with Crippen LogP contribution in [0.15, 0.2) is 54.6 Å². The molecule has 0 spiro atoms. The molecule has 4 nitrogen and oxygen atoms in total. The van der Waals surface area contributed by atoms with Crippen molar-refractivity contribution in [1.29, 1.82) is 0 Å². The molecule has 1 saturated heterocycles. The maximum Gasteiger partial charge on any atom is 0.251 e. The average Bonchev–Trinajstić information content (AvgIpc) is 2.67. The molecule has 1 aliphatic rings. The van der Waals surface area contributed by atoms with Gasteiger partial charge in [-0.2, -0.15) is 0 Å². The fraction of sp³-hybridized carbons (Fsp3) is 0.381. The molecule has 26 heavy (non-hydrogen) atoms. The van der Waals surface area contributed by atoms with Crippen LogP contribution in [0.4, 0.5) is 0 Å². The summed E-state index contributed by atoms with van der Waals surface area (Å²) in [7, 11) is 0. The molecule has 0 aromatic heterocycles. The molecule has 0 atom stereocenters. The number of carbonyl (C=O) groups is 1. The van der Waals surface area contributed by atoms with Crippen molar-refractivity contribution in [2.24, 2.45) is 0 Å². The summed E-state index contributed by atoms with van der Waals surface area (Å²) in [6, 6.07) is 18.2. The Balaban J connectivity index is 0.00000243. The van der Waals surface area contributed by atoms with Crippen molar-refractivity contribution in [3.8, 4) is 0 Å². The van der Waals surface area contributed by atoms with Crippen LogP contribution in [0, 0.1) is 0 Å². The number of carbonyl (C=O) groups excluding carboxylic acids is 1. The van der Waals surface area contributed by atoms with Crippen molar-refractivity contribution in [2.45, 2.75) is 12.8 Å². The number of rotatable bonds is 7. The summed E-state index contributed by atoms with van der Waals surface area (Å²) >= 11 is 0. The maximum absolute atomic E-state index is 12.6. The van der Waals surface area contributed by atoms with E-state index in [0.717, 1.165) is 63.2 Å². The highest BCUT2D eigenvalue weighted by atomic mass is 35.5. The SMILES string of the molecule is Cl.O=C(NCCCN1CCNCC1)c1ccccc1Cc1ccccc1. The smallest absolute Gasteiger partial charge is 0.251 e. The van der Waals surface area contributed by atoms with Crippen molar-refractivity contribution in [1.82, 2.24) is 15.5 Å². The van der Waals surface area contributed by atoms with Crippen LogP contribution < -0.4 is 10.6 Å². The van der Waals surface area contributed by atoms with E-state index in [9.17, 15) is 4.79 Å². The Morgan fingerprint density at radius 3 is 2.46 bits per heavy atom. The van der Waals surface area contributed by atoms with Crippen molar-refractivity contribution in [3.63, 3.8) is 0 Å². The lowest BCUT2D eigenvalue weighted by Crippen LogP contribution is -2.44. The Kier molecular flexibility index (Phi) is 8.62. The third-order valence-corrected chi connectivity index (χ3v) is 4.65. The molecule has 2 aromatic carbocycles. The Labute approximate surface area is 162 Å². The van der Waals surface area contributed by atoms with Crippen molar-refractivity contribution < 1.29 is 4.79 Å². The molecule has 0 aliphatic carbocycles. The van der Waals surface area contributed by atoms with Crippen LogP contribution in [-0.2, 0) is 6.42 Å². The highest BCUT2D eigenvalue weighted by Crippen LogP contribution is 2.14. The topological polar surface area (TPSA) is 44.4 Å². The van der Waals surface area contributed by atoms with Crippen LogP contribution in [0.25, 0.3) is 0 Å². The lowest BCUT2D eigenvalue weighted by Gasteiger charge is -2.27. The lowest BCUT2D eigenvalue weighted by molar-refractivity contribution is 0.0950. The molecule has 0 unspecified atom stereocenters. The summed E-state index contributed by atoms with van der Waals surface area (Å²) in [6.45, 7) is 6.12. The highest BCUT2D eigenvalue weighted by molar-refractivity contribution is 5.95. The molecular formula is C21H28ClN3O. The number of halogens is 1. The average molecular weight is 374 g/mol. The zero-order valence-electron chi connectivity index (χ0n) is 15.1. The second-order valence-corrected chi connectivity index (χ2v) is 6.52. The lowest BCUT2D eigenvalue weighted by atomic mass is 9.99. The van der Waals surface area contributed by atoms with Gasteiger partial charge in [0.1, 0.15) is 0 Å². The third kappa shape index (κ3) is 6.13. The van der Waals surface area contributed by atoms with E-state index in [0.29, 0.717) is 0 Å². The third-order valence-electron chi connectivity index (χ3n) is 4.65. The zero-order valence-corrected chi connectivity index (χ0v) is 15.9. The first-order valence-electron chi connectivity index (χ1n) is 9.16. The molecule has 0 saturated carbocycles. The highest BCUT2D eigenvalue weighted by Gasteiger charge is 2.12. The van der Waals surface area contributed by atoms with Crippen molar-refractivity contribution in [3.05, 3.63) is 71.3 Å². The van der Waals surface area contributed by atoms with E-state index in [1.807, 2.05) is 42.5 Å². The first kappa shape index (κ1) is 20.4. The molecule has 2 aromatic rings. The quantitative estimate of drug-likeness (QED) is 0.733. The standard InChI is InChI=1S/C21H27N3O.ClH/c25-21(23-11-6-14-24-15-12-22-13-16-24)20-10-5-4-9-19(20)17-18-7-2-1-3-8-18;/h1-5,7-10,22H,6,11-17H2,(H,23,25);1H. The minimum Gasteiger partial charge on any atom is -0.352 e.